The SMILES string of the molecule is [CH2]CC#CCC(O)(CCC)CCC. The van der Waals surface area contributed by atoms with Crippen molar-refractivity contribution in [1.29, 1.82) is 0 Å². The molecule has 75 valence electrons. The average Bonchev–Trinajstić information content (AvgIpc) is 2.05. The summed E-state index contributed by atoms with van der Waals surface area (Å²) in [5.41, 5.74) is -0.550. The molecule has 0 aliphatic rings. The first-order valence-corrected chi connectivity index (χ1v) is 5.16. The summed E-state index contributed by atoms with van der Waals surface area (Å²) in [4.78, 5) is 0. The Morgan fingerprint density at radius 1 is 1.15 bits per heavy atom. The number of hydrogen-bond acceptors (Lipinski definition) is 1. The van der Waals surface area contributed by atoms with Crippen molar-refractivity contribution < 1.29 is 5.11 Å². The van der Waals surface area contributed by atoms with E-state index in [1.807, 2.05) is 0 Å². The molecule has 1 heteroatoms. The number of rotatable bonds is 5. The van der Waals surface area contributed by atoms with Gasteiger partial charge in [-0.25, -0.2) is 0 Å². The van der Waals surface area contributed by atoms with Crippen LogP contribution >= 0.6 is 0 Å². The van der Waals surface area contributed by atoms with E-state index in [0.717, 1.165) is 25.7 Å². The second-order valence-corrected chi connectivity index (χ2v) is 3.50. The Morgan fingerprint density at radius 2 is 1.69 bits per heavy atom. The van der Waals surface area contributed by atoms with Gasteiger partial charge in [-0.3, -0.25) is 0 Å². The van der Waals surface area contributed by atoms with Gasteiger partial charge >= 0.3 is 0 Å². The zero-order valence-corrected chi connectivity index (χ0v) is 8.90. The largest absolute Gasteiger partial charge is 0.389 e. The molecule has 0 unspecified atom stereocenters. The fourth-order valence-electron chi connectivity index (χ4n) is 1.55. The van der Waals surface area contributed by atoms with Crippen LogP contribution in [0, 0.1) is 18.8 Å². The van der Waals surface area contributed by atoms with Crippen LogP contribution in [0.15, 0.2) is 0 Å². The van der Waals surface area contributed by atoms with Crippen molar-refractivity contribution >= 4 is 0 Å². The van der Waals surface area contributed by atoms with Gasteiger partial charge in [0.05, 0.1) is 5.60 Å². The van der Waals surface area contributed by atoms with Crippen LogP contribution in [0.3, 0.4) is 0 Å². The summed E-state index contributed by atoms with van der Waals surface area (Å²) in [5, 5.41) is 10.1. The highest BCUT2D eigenvalue weighted by atomic mass is 16.3. The van der Waals surface area contributed by atoms with Gasteiger partial charge in [0.1, 0.15) is 0 Å². The maximum absolute atomic E-state index is 10.1. The third-order valence-corrected chi connectivity index (χ3v) is 2.10. The fraction of sp³-hybridized carbons (Fsp3) is 0.750. The van der Waals surface area contributed by atoms with Gasteiger partial charge in [0.25, 0.3) is 0 Å². The zero-order valence-electron chi connectivity index (χ0n) is 8.90. The molecule has 0 rings (SSSR count). The van der Waals surface area contributed by atoms with Crippen molar-refractivity contribution in [3.63, 3.8) is 0 Å². The van der Waals surface area contributed by atoms with Crippen LogP contribution in [0.25, 0.3) is 0 Å². The summed E-state index contributed by atoms with van der Waals surface area (Å²) >= 11 is 0. The third-order valence-electron chi connectivity index (χ3n) is 2.10. The molecule has 0 aliphatic heterocycles. The van der Waals surface area contributed by atoms with E-state index in [2.05, 4.69) is 32.6 Å². The molecule has 13 heavy (non-hydrogen) atoms. The van der Waals surface area contributed by atoms with Crippen molar-refractivity contribution in [3.8, 4) is 11.8 Å². The summed E-state index contributed by atoms with van der Waals surface area (Å²) in [7, 11) is 0. The Morgan fingerprint density at radius 3 is 2.08 bits per heavy atom. The normalized spacial score (nSPS) is 10.8. The minimum absolute atomic E-state index is 0.550. The second-order valence-electron chi connectivity index (χ2n) is 3.50. The van der Waals surface area contributed by atoms with Crippen LogP contribution in [-0.4, -0.2) is 10.7 Å². The lowest BCUT2D eigenvalue weighted by molar-refractivity contribution is 0.0263. The third kappa shape index (κ3) is 5.71. The fourth-order valence-corrected chi connectivity index (χ4v) is 1.55. The van der Waals surface area contributed by atoms with Crippen molar-refractivity contribution in [2.24, 2.45) is 0 Å². The molecule has 0 bridgehead atoms. The van der Waals surface area contributed by atoms with Crippen LogP contribution in [0.1, 0.15) is 52.4 Å². The molecule has 0 atom stereocenters. The maximum Gasteiger partial charge on any atom is 0.0756 e. The van der Waals surface area contributed by atoms with E-state index < -0.39 is 5.60 Å². The van der Waals surface area contributed by atoms with Gasteiger partial charge < -0.3 is 5.11 Å². The molecule has 0 heterocycles. The van der Waals surface area contributed by atoms with E-state index in [4.69, 9.17) is 0 Å². The van der Waals surface area contributed by atoms with Crippen LogP contribution in [-0.2, 0) is 0 Å². The van der Waals surface area contributed by atoms with Crippen LogP contribution in [0.2, 0.25) is 0 Å². The maximum atomic E-state index is 10.1. The highest BCUT2D eigenvalue weighted by Gasteiger charge is 2.22. The average molecular weight is 181 g/mol. The van der Waals surface area contributed by atoms with Crippen molar-refractivity contribution in [3.05, 3.63) is 6.92 Å². The summed E-state index contributed by atoms with van der Waals surface area (Å²) < 4.78 is 0. The van der Waals surface area contributed by atoms with E-state index in [1.165, 1.54) is 0 Å². The molecular formula is C12H21O. The topological polar surface area (TPSA) is 20.2 Å². The first kappa shape index (κ1) is 12.5. The summed E-state index contributed by atoms with van der Waals surface area (Å²) in [6.45, 7) is 7.83. The predicted molar refractivity (Wildman–Crippen MR) is 57.1 cm³/mol. The Bertz CT molecular complexity index is 167. The van der Waals surface area contributed by atoms with Crippen molar-refractivity contribution in [2.75, 3.05) is 0 Å². The van der Waals surface area contributed by atoms with E-state index in [-0.39, 0.29) is 0 Å². The summed E-state index contributed by atoms with van der Waals surface area (Å²) in [6, 6.07) is 0. The molecule has 0 fully saturated rings. The predicted octanol–water partition coefficient (Wildman–Crippen LogP) is 2.94. The molecule has 0 saturated carbocycles. The number of hydrogen-bond donors (Lipinski definition) is 1. The highest BCUT2D eigenvalue weighted by Crippen LogP contribution is 2.22. The lowest BCUT2D eigenvalue weighted by Crippen LogP contribution is -2.27. The van der Waals surface area contributed by atoms with Crippen LogP contribution < -0.4 is 0 Å². The van der Waals surface area contributed by atoms with Gasteiger partial charge in [-0.15, -0.1) is 11.8 Å². The van der Waals surface area contributed by atoms with Crippen molar-refractivity contribution in [2.45, 2.75) is 58.0 Å². The van der Waals surface area contributed by atoms with Crippen LogP contribution in [0.5, 0.6) is 0 Å². The standard InChI is InChI=1S/C12H21O/c1-4-7-8-11-12(13,9-5-2)10-6-3/h13H,1,4-6,9-11H2,2-3H3. The van der Waals surface area contributed by atoms with E-state index in [1.54, 1.807) is 0 Å². The van der Waals surface area contributed by atoms with E-state index in [0.29, 0.717) is 12.8 Å². The molecule has 0 aromatic rings. The monoisotopic (exact) mass is 181 g/mol. The molecule has 1 N–H and O–H groups in total. The quantitative estimate of drug-likeness (QED) is 0.646. The van der Waals surface area contributed by atoms with Gasteiger partial charge in [0, 0.05) is 12.8 Å². The Hall–Kier alpha value is -0.480. The van der Waals surface area contributed by atoms with Crippen LogP contribution in [0.4, 0.5) is 0 Å². The molecule has 0 saturated heterocycles. The Balaban J connectivity index is 4.05. The van der Waals surface area contributed by atoms with Gasteiger partial charge in [-0.1, -0.05) is 26.7 Å². The Labute approximate surface area is 82.5 Å². The first-order valence-electron chi connectivity index (χ1n) is 5.16. The van der Waals surface area contributed by atoms with Crippen molar-refractivity contribution in [1.82, 2.24) is 0 Å². The van der Waals surface area contributed by atoms with E-state index >= 15 is 0 Å². The van der Waals surface area contributed by atoms with E-state index in [9.17, 15) is 5.11 Å². The molecule has 1 nitrogen and oxygen atoms in total. The smallest absolute Gasteiger partial charge is 0.0756 e. The lowest BCUT2D eigenvalue weighted by Gasteiger charge is -2.24. The zero-order chi connectivity index (χ0) is 10.2. The molecule has 0 amide bonds. The minimum atomic E-state index is -0.550. The second kappa shape index (κ2) is 6.97. The van der Waals surface area contributed by atoms with Gasteiger partial charge in [0.15, 0.2) is 0 Å². The highest BCUT2D eigenvalue weighted by molar-refractivity contribution is 5.04. The minimum Gasteiger partial charge on any atom is -0.389 e. The molecule has 0 aliphatic carbocycles. The summed E-state index contributed by atoms with van der Waals surface area (Å²) in [6.07, 6.45) is 4.98. The van der Waals surface area contributed by atoms with Gasteiger partial charge in [-0.05, 0) is 19.8 Å². The molecule has 0 aromatic heterocycles. The van der Waals surface area contributed by atoms with Gasteiger partial charge in [-0.2, -0.15) is 0 Å². The molecule has 1 radical (unpaired) electrons. The summed E-state index contributed by atoms with van der Waals surface area (Å²) in [5.74, 6) is 5.88. The first-order chi connectivity index (χ1) is 6.18. The number of aliphatic hydroxyl groups is 1. The van der Waals surface area contributed by atoms with Gasteiger partial charge in [0.2, 0.25) is 0 Å². The Kier molecular flexibility index (Phi) is 6.72. The lowest BCUT2D eigenvalue weighted by atomic mass is 9.89. The molecule has 0 spiro atoms. The molecule has 0 aromatic carbocycles. The molecular weight excluding hydrogens is 160 g/mol.